The van der Waals surface area contributed by atoms with Gasteiger partial charge in [0.2, 0.25) is 11.8 Å². The van der Waals surface area contributed by atoms with Crippen molar-refractivity contribution >= 4 is 17.9 Å². The van der Waals surface area contributed by atoms with Crippen molar-refractivity contribution in [1.29, 1.82) is 0 Å². The normalized spacial score (nSPS) is 12.0. The van der Waals surface area contributed by atoms with Crippen molar-refractivity contribution in [3.05, 3.63) is 71.3 Å². The minimum Gasteiger partial charge on any atom is -0.445 e. The van der Waals surface area contributed by atoms with Crippen molar-refractivity contribution in [3.8, 4) is 0 Å². The largest absolute Gasteiger partial charge is 0.445 e. The molecule has 2 rings (SSSR count). The molecule has 0 aliphatic carbocycles. The zero-order valence-corrected chi connectivity index (χ0v) is 18.6. The quantitative estimate of drug-likeness (QED) is 0.403. The maximum absolute atomic E-state index is 12.7. The van der Waals surface area contributed by atoms with Crippen LogP contribution in [0.1, 0.15) is 42.4 Å². The first-order valence-electron chi connectivity index (χ1n) is 10.8. The van der Waals surface area contributed by atoms with E-state index in [1.807, 2.05) is 30.3 Å². The summed E-state index contributed by atoms with van der Waals surface area (Å²) >= 11 is 0. The molecule has 4 N–H and O–H groups in total. The van der Waals surface area contributed by atoms with Gasteiger partial charge in [-0.3, -0.25) is 9.59 Å². The molecule has 184 valence electrons. The molecule has 3 amide bonds. The Morgan fingerprint density at radius 3 is 2.21 bits per heavy atom. The molecule has 0 unspecified atom stereocenters. The zero-order chi connectivity index (χ0) is 25.0. The molecule has 34 heavy (non-hydrogen) atoms. The summed E-state index contributed by atoms with van der Waals surface area (Å²) in [6, 6.07) is 12.6. The molecule has 2 aromatic rings. The summed E-state index contributed by atoms with van der Waals surface area (Å²) in [5.74, 6) is -1.16. The van der Waals surface area contributed by atoms with Crippen LogP contribution >= 0.6 is 0 Å². The topological polar surface area (TPSA) is 111 Å². The number of carbonyl (C=O) groups is 3. The van der Waals surface area contributed by atoms with Crippen LogP contribution in [0, 0.1) is 0 Å². The number of hydrogen-bond acceptors (Lipinski definition) is 4. The summed E-state index contributed by atoms with van der Waals surface area (Å²) in [7, 11) is 0. The predicted molar refractivity (Wildman–Crippen MR) is 119 cm³/mol. The molecule has 0 bridgehead atoms. The molecule has 0 aliphatic heterocycles. The van der Waals surface area contributed by atoms with Crippen molar-refractivity contribution in [2.24, 2.45) is 5.73 Å². The smallest absolute Gasteiger partial charge is 0.416 e. The summed E-state index contributed by atoms with van der Waals surface area (Å²) in [5.41, 5.74) is 5.87. The van der Waals surface area contributed by atoms with Crippen molar-refractivity contribution in [1.82, 2.24) is 10.6 Å². The highest BCUT2D eigenvalue weighted by molar-refractivity contribution is 5.86. The number of amides is 3. The van der Waals surface area contributed by atoms with E-state index in [1.54, 1.807) is 0 Å². The standard InChI is InChI=1S/C24H28F3N3O4/c25-24(26,27)19-12-10-17(11-13-19)15-20(22(28)32)30-21(31)9-5-2-6-14-29-23(33)34-16-18-7-3-1-4-8-18/h1,3-4,7-8,10-13,20H,2,5-6,9,14-16H2,(H2,28,32)(H,29,33)(H,30,31)/t20-/m1/s1. The van der Waals surface area contributed by atoms with E-state index in [9.17, 15) is 27.6 Å². The molecule has 0 radical (unpaired) electrons. The van der Waals surface area contributed by atoms with Crippen LogP contribution in [0.5, 0.6) is 0 Å². The average molecular weight is 479 g/mol. The zero-order valence-electron chi connectivity index (χ0n) is 18.6. The van der Waals surface area contributed by atoms with Crippen molar-refractivity contribution in [2.45, 2.75) is 50.9 Å². The molecule has 7 nitrogen and oxygen atoms in total. The van der Waals surface area contributed by atoms with Crippen LogP contribution in [0.15, 0.2) is 54.6 Å². The van der Waals surface area contributed by atoms with E-state index in [1.165, 1.54) is 12.1 Å². The fraction of sp³-hybridized carbons (Fsp3) is 0.375. The number of alkyl halides is 3. The number of alkyl carbamates (subject to hydrolysis) is 1. The average Bonchev–Trinajstić information content (AvgIpc) is 2.80. The molecule has 0 aromatic heterocycles. The number of carbonyl (C=O) groups excluding carboxylic acids is 3. The lowest BCUT2D eigenvalue weighted by atomic mass is 10.0. The number of nitrogens with two attached hydrogens (primary N) is 1. The molecule has 0 saturated heterocycles. The first kappa shape index (κ1) is 26.7. The minimum absolute atomic E-state index is 0.00573. The molecule has 0 heterocycles. The van der Waals surface area contributed by atoms with Gasteiger partial charge in [-0.05, 0) is 36.1 Å². The molecule has 0 aliphatic rings. The molecule has 0 saturated carbocycles. The lowest BCUT2D eigenvalue weighted by molar-refractivity contribution is -0.137. The Hall–Kier alpha value is -3.56. The third-order valence-electron chi connectivity index (χ3n) is 4.96. The number of benzene rings is 2. The summed E-state index contributed by atoms with van der Waals surface area (Å²) in [6.07, 6.45) is -3.00. The van der Waals surface area contributed by atoms with Gasteiger partial charge in [0.25, 0.3) is 0 Å². The van der Waals surface area contributed by atoms with Gasteiger partial charge in [-0.25, -0.2) is 4.79 Å². The minimum atomic E-state index is -4.45. The second-order valence-electron chi connectivity index (χ2n) is 7.72. The second kappa shape index (κ2) is 13.2. The van der Waals surface area contributed by atoms with Gasteiger partial charge in [-0.2, -0.15) is 13.2 Å². The Kier molecular flexibility index (Phi) is 10.4. The third-order valence-corrected chi connectivity index (χ3v) is 4.96. The monoisotopic (exact) mass is 479 g/mol. The SMILES string of the molecule is NC(=O)[C@@H](Cc1ccc(C(F)(F)F)cc1)NC(=O)CCCCCNC(=O)OCc1ccccc1. The summed E-state index contributed by atoms with van der Waals surface area (Å²) in [5, 5.41) is 5.16. The van der Waals surface area contributed by atoms with Crippen molar-refractivity contribution in [2.75, 3.05) is 6.54 Å². The second-order valence-corrected chi connectivity index (χ2v) is 7.72. The van der Waals surface area contributed by atoms with Gasteiger partial charge in [0.05, 0.1) is 5.56 Å². The first-order chi connectivity index (χ1) is 16.1. The highest BCUT2D eigenvalue weighted by atomic mass is 19.4. The van der Waals surface area contributed by atoms with E-state index < -0.39 is 29.8 Å². The summed E-state index contributed by atoms with van der Waals surface area (Å²) < 4.78 is 43.1. The van der Waals surface area contributed by atoms with E-state index in [0.29, 0.717) is 31.4 Å². The fourth-order valence-corrected chi connectivity index (χ4v) is 3.11. The third kappa shape index (κ3) is 9.93. The van der Waals surface area contributed by atoms with E-state index in [2.05, 4.69) is 10.6 Å². The molecular formula is C24H28F3N3O4. The first-order valence-corrected chi connectivity index (χ1v) is 10.8. The summed E-state index contributed by atoms with van der Waals surface area (Å²) in [6.45, 7) is 0.577. The highest BCUT2D eigenvalue weighted by Crippen LogP contribution is 2.29. The molecule has 0 spiro atoms. The van der Waals surface area contributed by atoms with Gasteiger partial charge in [0.1, 0.15) is 12.6 Å². The number of primary amides is 1. The molecule has 2 aromatic carbocycles. The van der Waals surface area contributed by atoms with Crippen LogP contribution in [-0.4, -0.2) is 30.5 Å². The lowest BCUT2D eigenvalue weighted by Crippen LogP contribution is -2.45. The van der Waals surface area contributed by atoms with Crippen LogP contribution < -0.4 is 16.4 Å². The van der Waals surface area contributed by atoms with Gasteiger partial charge >= 0.3 is 12.3 Å². The van der Waals surface area contributed by atoms with Gasteiger partial charge in [0.15, 0.2) is 0 Å². The van der Waals surface area contributed by atoms with Crippen molar-refractivity contribution in [3.63, 3.8) is 0 Å². The predicted octanol–water partition coefficient (Wildman–Crippen LogP) is 3.70. The summed E-state index contributed by atoms with van der Waals surface area (Å²) in [4.78, 5) is 35.5. The Bertz CT molecular complexity index is 935. The molecule has 0 fully saturated rings. The van der Waals surface area contributed by atoms with Gasteiger partial charge < -0.3 is 21.1 Å². The van der Waals surface area contributed by atoms with Gasteiger partial charge in [-0.1, -0.05) is 48.9 Å². The fourth-order valence-electron chi connectivity index (χ4n) is 3.11. The highest BCUT2D eigenvalue weighted by Gasteiger charge is 2.30. The molecule has 1 atom stereocenters. The van der Waals surface area contributed by atoms with Gasteiger partial charge in [-0.15, -0.1) is 0 Å². The van der Waals surface area contributed by atoms with Gasteiger partial charge in [0, 0.05) is 19.4 Å². The van der Waals surface area contributed by atoms with Crippen LogP contribution in [-0.2, 0) is 33.5 Å². The maximum Gasteiger partial charge on any atom is 0.416 e. The number of halogens is 3. The van der Waals surface area contributed by atoms with Crippen LogP contribution in [0.4, 0.5) is 18.0 Å². The van der Waals surface area contributed by atoms with Crippen LogP contribution in [0.3, 0.4) is 0 Å². The Morgan fingerprint density at radius 1 is 0.912 bits per heavy atom. The number of rotatable bonds is 12. The van der Waals surface area contributed by atoms with E-state index in [0.717, 1.165) is 17.7 Å². The Morgan fingerprint density at radius 2 is 1.59 bits per heavy atom. The maximum atomic E-state index is 12.7. The Balaban J connectivity index is 1.63. The van der Waals surface area contributed by atoms with Crippen LogP contribution in [0.2, 0.25) is 0 Å². The lowest BCUT2D eigenvalue weighted by Gasteiger charge is -2.16. The molecule has 10 heteroatoms. The Labute approximate surface area is 195 Å². The van der Waals surface area contributed by atoms with Crippen LogP contribution in [0.25, 0.3) is 0 Å². The number of unbranched alkanes of at least 4 members (excludes halogenated alkanes) is 2. The van der Waals surface area contributed by atoms with E-state index in [-0.39, 0.29) is 25.4 Å². The number of nitrogens with one attached hydrogen (secondary N) is 2. The van der Waals surface area contributed by atoms with E-state index in [4.69, 9.17) is 10.5 Å². The number of ether oxygens (including phenoxy) is 1. The molecular weight excluding hydrogens is 451 g/mol. The van der Waals surface area contributed by atoms with Crippen molar-refractivity contribution < 1.29 is 32.3 Å². The van der Waals surface area contributed by atoms with E-state index >= 15 is 0 Å². The number of hydrogen-bond donors (Lipinski definition) is 3.